The molecule has 5 heteroatoms. The Bertz CT molecular complexity index is 285. The Morgan fingerprint density at radius 1 is 1.27 bits per heavy atom. The van der Waals surface area contributed by atoms with Gasteiger partial charge in [-0.05, 0) is 30.7 Å². The van der Waals surface area contributed by atoms with Gasteiger partial charge in [0.05, 0.1) is 12.2 Å². The summed E-state index contributed by atoms with van der Waals surface area (Å²) in [4.78, 5) is 11.2. The summed E-state index contributed by atoms with van der Waals surface area (Å²) < 4.78 is 4.90. The maximum atomic E-state index is 11.2. The molecule has 0 saturated carbocycles. The fourth-order valence-corrected chi connectivity index (χ4v) is 0.876. The summed E-state index contributed by atoms with van der Waals surface area (Å²) in [5, 5.41) is 8.96. The molecule has 1 aromatic rings. The fourth-order valence-electron chi connectivity index (χ4n) is 0.876. The van der Waals surface area contributed by atoms with Gasteiger partial charge in [-0.15, -0.1) is 0 Å². The summed E-state index contributed by atoms with van der Waals surface area (Å²) in [5.74, 6) is -0.200. The van der Waals surface area contributed by atoms with Crippen molar-refractivity contribution < 1.29 is 14.6 Å². The number of esters is 1. The number of aromatic hydroxyl groups is 1. The third kappa shape index (κ3) is 6.61. The molecule has 0 saturated heterocycles. The largest absolute Gasteiger partial charge is 0.508 e. The Morgan fingerprint density at radius 3 is 2.27 bits per heavy atom. The van der Waals surface area contributed by atoms with E-state index >= 15 is 0 Å². The molecule has 0 heterocycles. The zero-order valence-corrected chi connectivity index (χ0v) is 13.5. The van der Waals surface area contributed by atoms with E-state index in [-0.39, 0.29) is 70.8 Å². The molecule has 3 nitrogen and oxygen atoms in total. The summed E-state index contributed by atoms with van der Waals surface area (Å²) in [7, 11) is 0. The first-order valence-corrected chi connectivity index (χ1v) is 4.20. The van der Waals surface area contributed by atoms with Crippen molar-refractivity contribution in [3.05, 3.63) is 29.8 Å². The van der Waals surface area contributed by atoms with Crippen LogP contribution in [0.5, 0.6) is 5.75 Å². The van der Waals surface area contributed by atoms with Crippen LogP contribution in [0, 0.1) is 0 Å². The summed E-state index contributed by atoms with van der Waals surface area (Å²) in [6, 6.07) is 5.99. The Hall–Kier alpha value is 0.490. The van der Waals surface area contributed by atoms with Crippen LogP contribution in [-0.2, 0) is 4.74 Å². The Balaban J connectivity index is 0. The van der Waals surface area contributed by atoms with Crippen LogP contribution in [0.4, 0.5) is 0 Å². The molecule has 0 aliphatic heterocycles. The third-order valence-corrected chi connectivity index (χ3v) is 1.54. The first-order valence-electron chi connectivity index (χ1n) is 4.20. The van der Waals surface area contributed by atoms with Crippen LogP contribution in [0.2, 0.25) is 0 Å². The van der Waals surface area contributed by atoms with Gasteiger partial charge in [0.1, 0.15) is 5.75 Å². The molecule has 0 amide bonds. The molecule has 15 heavy (non-hydrogen) atoms. The average Bonchev–Trinajstić information content (AvgIpc) is 2.15. The van der Waals surface area contributed by atoms with Gasteiger partial charge in [0.15, 0.2) is 0 Å². The maximum absolute atomic E-state index is 11.2. The van der Waals surface area contributed by atoms with E-state index in [9.17, 15) is 4.79 Å². The number of benzene rings is 1. The van der Waals surface area contributed by atoms with Crippen LogP contribution in [0.25, 0.3) is 0 Å². The van der Waals surface area contributed by atoms with E-state index in [1.165, 1.54) is 24.3 Å². The van der Waals surface area contributed by atoms with Gasteiger partial charge >= 0.3 is 5.97 Å². The minimum Gasteiger partial charge on any atom is -0.508 e. The number of ether oxygens (including phenoxy) is 1. The van der Waals surface area contributed by atoms with Crippen molar-refractivity contribution in [1.29, 1.82) is 0 Å². The molecule has 1 aromatic carbocycles. The quantitative estimate of drug-likeness (QED) is 0.622. The minimum atomic E-state index is -0.346. The van der Waals surface area contributed by atoms with Gasteiger partial charge in [0, 0.05) is 59.1 Å². The van der Waals surface area contributed by atoms with E-state index in [0.29, 0.717) is 12.2 Å². The molecule has 0 aromatic heterocycles. The van der Waals surface area contributed by atoms with Crippen molar-refractivity contribution in [1.82, 2.24) is 0 Å². The van der Waals surface area contributed by atoms with E-state index in [1.807, 2.05) is 6.92 Å². The Labute approximate surface area is 134 Å². The van der Waals surface area contributed by atoms with Crippen LogP contribution < -0.4 is 0 Å². The number of hydrogen-bond donors (Lipinski definition) is 1. The van der Waals surface area contributed by atoms with Crippen molar-refractivity contribution in [2.75, 3.05) is 6.61 Å². The standard InChI is InChI=1S/C10H12O3.2Na/c1-2-7-13-10(12)8-3-5-9(11)6-4-8;;/h3-6,11H,2,7H2,1H3;;. The number of carbonyl (C=O) groups is 1. The molecule has 0 aliphatic carbocycles. The van der Waals surface area contributed by atoms with Crippen molar-refractivity contribution >= 4 is 65.1 Å². The maximum Gasteiger partial charge on any atom is 0.338 e. The van der Waals surface area contributed by atoms with Crippen LogP contribution in [0.15, 0.2) is 24.3 Å². The molecule has 2 radical (unpaired) electrons. The summed E-state index contributed by atoms with van der Waals surface area (Å²) in [5.41, 5.74) is 0.464. The van der Waals surface area contributed by atoms with Gasteiger partial charge in [0.2, 0.25) is 0 Å². The van der Waals surface area contributed by atoms with Gasteiger partial charge in [-0.25, -0.2) is 4.79 Å². The molecule has 0 spiro atoms. The molecule has 0 bridgehead atoms. The molecule has 1 N–H and O–H groups in total. The van der Waals surface area contributed by atoms with Gasteiger partial charge < -0.3 is 9.84 Å². The van der Waals surface area contributed by atoms with Crippen molar-refractivity contribution in [3.8, 4) is 5.75 Å². The molecular weight excluding hydrogens is 214 g/mol. The number of carbonyl (C=O) groups excluding carboxylic acids is 1. The topological polar surface area (TPSA) is 46.5 Å². The van der Waals surface area contributed by atoms with Gasteiger partial charge in [-0.3, -0.25) is 0 Å². The summed E-state index contributed by atoms with van der Waals surface area (Å²) in [6.07, 6.45) is 0.809. The normalized spacial score (nSPS) is 8.33. The SMILES string of the molecule is CCCOC(=O)c1ccc(O)cc1.[Na].[Na]. The first kappa shape index (κ1) is 17.9. The van der Waals surface area contributed by atoms with Crippen LogP contribution >= 0.6 is 0 Å². The van der Waals surface area contributed by atoms with Gasteiger partial charge in [0.25, 0.3) is 0 Å². The second-order valence-electron chi connectivity index (χ2n) is 2.68. The molecule has 0 atom stereocenters. The number of rotatable bonds is 3. The smallest absolute Gasteiger partial charge is 0.338 e. The zero-order valence-electron chi connectivity index (χ0n) is 9.49. The average molecular weight is 226 g/mol. The predicted molar refractivity (Wildman–Crippen MR) is 60.2 cm³/mol. The van der Waals surface area contributed by atoms with E-state index in [2.05, 4.69) is 0 Å². The summed E-state index contributed by atoms with van der Waals surface area (Å²) in [6.45, 7) is 2.36. The van der Waals surface area contributed by atoms with Gasteiger partial charge in [-0.2, -0.15) is 0 Å². The van der Waals surface area contributed by atoms with Crippen LogP contribution in [0.3, 0.4) is 0 Å². The Morgan fingerprint density at radius 2 is 1.80 bits per heavy atom. The number of phenols is 1. The van der Waals surface area contributed by atoms with E-state index < -0.39 is 0 Å². The molecule has 0 unspecified atom stereocenters. The summed E-state index contributed by atoms with van der Waals surface area (Å²) >= 11 is 0. The van der Waals surface area contributed by atoms with Crippen molar-refractivity contribution in [2.24, 2.45) is 0 Å². The van der Waals surface area contributed by atoms with Crippen molar-refractivity contribution in [2.45, 2.75) is 13.3 Å². The van der Waals surface area contributed by atoms with Crippen LogP contribution in [0.1, 0.15) is 23.7 Å². The number of phenolic OH excluding ortho intramolecular Hbond substituents is 1. The van der Waals surface area contributed by atoms with Crippen LogP contribution in [-0.4, -0.2) is 76.8 Å². The first-order chi connectivity index (χ1) is 6.24. The molecular formula is C10H12Na2O3. The van der Waals surface area contributed by atoms with Crippen molar-refractivity contribution in [3.63, 3.8) is 0 Å². The monoisotopic (exact) mass is 226 g/mol. The Kier molecular flexibility index (Phi) is 11.6. The molecule has 0 fully saturated rings. The molecule has 72 valence electrons. The van der Waals surface area contributed by atoms with E-state index in [4.69, 9.17) is 9.84 Å². The van der Waals surface area contributed by atoms with E-state index in [1.54, 1.807) is 0 Å². The fraction of sp³-hybridized carbons (Fsp3) is 0.300. The zero-order chi connectivity index (χ0) is 9.68. The number of hydrogen-bond acceptors (Lipinski definition) is 3. The minimum absolute atomic E-state index is 0. The second-order valence-corrected chi connectivity index (χ2v) is 2.68. The molecule has 0 aliphatic rings. The van der Waals surface area contributed by atoms with Gasteiger partial charge in [-0.1, -0.05) is 6.92 Å². The third-order valence-electron chi connectivity index (χ3n) is 1.54. The second kappa shape index (κ2) is 9.70. The molecule has 1 rings (SSSR count). The van der Waals surface area contributed by atoms with E-state index in [0.717, 1.165) is 6.42 Å². The predicted octanol–water partition coefficient (Wildman–Crippen LogP) is 1.20.